The predicted octanol–water partition coefficient (Wildman–Crippen LogP) is 1.59. The van der Waals surface area contributed by atoms with Gasteiger partial charge in [-0.15, -0.1) is 0 Å². The van der Waals surface area contributed by atoms with Gasteiger partial charge in [0, 0.05) is 18.2 Å². The molecule has 6 nitrogen and oxygen atoms in total. The van der Waals surface area contributed by atoms with E-state index < -0.39 is 53.4 Å². The number of amides is 1. The lowest BCUT2D eigenvalue weighted by Gasteiger charge is -2.22. The van der Waals surface area contributed by atoms with Crippen molar-refractivity contribution in [1.29, 1.82) is 0 Å². The number of ether oxygens (including phenoxy) is 1. The summed E-state index contributed by atoms with van der Waals surface area (Å²) < 4.78 is 30.9. The molecule has 0 aromatic heterocycles. The van der Waals surface area contributed by atoms with Gasteiger partial charge in [0.05, 0.1) is 0 Å². The summed E-state index contributed by atoms with van der Waals surface area (Å²) >= 11 is 0. The summed E-state index contributed by atoms with van der Waals surface area (Å²) in [5, 5.41) is 31.3. The highest BCUT2D eigenvalue weighted by Crippen LogP contribution is 2.28. The first kappa shape index (κ1) is 18.1. The second-order valence-electron chi connectivity index (χ2n) is 5.72. The van der Waals surface area contributed by atoms with Gasteiger partial charge in [-0.25, -0.2) is 13.6 Å². The molecule has 2 unspecified atom stereocenters. The number of halogens is 2. The Morgan fingerprint density at radius 3 is 2.36 bits per heavy atom. The molecule has 124 valence electrons. The second-order valence-corrected chi connectivity index (χ2v) is 5.72. The van der Waals surface area contributed by atoms with Gasteiger partial charge in [-0.1, -0.05) is 0 Å². The zero-order valence-electron chi connectivity index (χ0n) is 12.4. The van der Waals surface area contributed by atoms with Gasteiger partial charge in [0.25, 0.3) is 0 Å². The van der Waals surface area contributed by atoms with E-state index in [1.165, 1.54) is 0 Å². The van der Waals surface area contributed by atoms with Crippen LogP contribution in [0, 0.1) is 11.6 Å². The molecular weight excluding hydrogens is 300 g/mol. The van der Waals surface area contributed by atoms with E-state index in [9.17, 15) is 28.9 Å². The normalized spacial score (nSPS) is 14.3. The zero-order valence-corrected chi connectivity index (χ0v) is 12.4. The van der Waals surface area contributed by atoms with Gasteiger partial charge < -0.3 is 25.4 Å². The van der Waals surface area contributed by atoms with E-state index in [0.717, 1.165) is 0 Å². The lowest BCUT2D eigenvalue weighted by molar-refractivity contribution is 0.0117. The highest BCUT2D eigenvalue weighted by atomic mass is 19.2. The van der Waals surface area contributed by atoms with Crippen molar-refractivity contribution in [2.75, 3.05) is 6.54 Å². The zero-order chi connectivity index (χ0) is 17.1. The molecule has 0 heterocycles. The maximum atomic E-state index is 13.1. The van der Waals surface area contributed by atoms with Gasteiger partial charge in [-0.3, -0.25) is 0 Å². The molecule has 1 aromatic carbocycles. The summed E-state index contributed by atoms with van der Waals surface area (Å²) in [5.74, 6) is -3.27. The molecule has 1 aromatic rings. The minimum atomic E-state index is -1.72. The number of carbonyl (C=O) groups excluding carboxylic acids is 1. The second kappa shape index (κ2) is 6.89. The average molecular weight is 319 g/mol. The number of phenolic OH excluding ortho intramolecular Hbond substituents is 1. The first-order valence-corrected chi connectivity index (χ1v) is 6.52. The van der Waals surface area contributed by atoms with Gasteiger partial charge in [0.1, 0.15) is 23.6 Å². The molecule has 0 radical (unpaired) electrons. The van der Waals surface area contributed by atoms with Crippen molar-refractivity contribution >= 4 is 6.09 Å². The lowest BCUT2D eigenvalue weighted by atomic mass is 10.0. The summed E-state index contributed by atoms with van der Waals surface area (Å²) in [5.41, 5.74) is -1.12. The largest absolute Gasteiger partial charge is 0.507 e. The average Bonchev–Trinajstić information content (AvgIpc) is 2.37. The Bertz CT molecular complexity index is 545. The van der Waals surface area contributed by atoms with Crippen molar-refractivity contribution in [2.45, 2.75) is 38.6 Å². The molecule has 0 fully saturated rings. The van der Waals surface area contributed by atoms with Gasteiger partial charge in [0.2, 0.25) is 0 Å². The summed E-state index contributed by atoms with van der Waals surface area (Å²) in [7, 11) is 0. The summed E-state index contributed by atoms with van der Waals surface area (Å²) in [4.78, 5) is 11.4. The molecule has 0 aliphatic heterocycles. The fourth-order valence-electron chi connectivity index (χ4n) is 1.61. The third-order valence-electron chi connectivity index (χ3n) is 2.61. The number of hydrogen-bond acceptors (Lipinski definition) is 5. The Balaban J connectivity index is 2.68. The molecule has 0 saturated heterocycles. The Kier molecular flexibility index (Phi) is 5.67. The van der Waals surface area contributed by atoms with Crippen LogP contribution < -0.4 is 5.32 Å². The number of rotatable bonds is 4. The van der Waals surface area contributed by atoms with E-state index in [1.54, 1.807) is 20.8 Å². The van der Waals surface area contributed by atoms with Crippen LogP contribution >= 0.6 is 0 Å². The van der Waals surface area contributed by atoms with Crippen LogP contribution in [0.5, 0.6) is 5.75 Å². The summed E-state index contributed by atoms with van der Waals surface area (Å²) in [6.07, 6.45) is -4.08. The Morgan fingerprint density at radius 2 is 1.82 bits per heavy atom. The van der Waals surface area contributed by atoms with E-state index in [1.807, 2.05) is 0 Å². The first-order chi connectivity index (χ1) is 10.0. The van der Waals surface area contributed by atoms with Crippen LogP contribution in [0.15, 0.2) is 12.1 Å². The number of carbonyl (C=O) groups is 1. The van der Waals surface area contributed by atoms with E-state index in [-0.39, 0.29) is 0 Å². The third-order valence-corrected chi connectivity index (χ3v) is 2.61. The van der Waals surface area contributed by atoms with E-state index >= 15 is 0 Å². The van der Waals surface area contributed by atoms with E-state index in [4.69, 9.17) is 4.74 Å². The van der Waals surface area contributed by atoms with Crippen LogP contribution in [0.25, 0.3) is 0 Å². The molecule has 8 heteroatoms. The standard InChI is InChI=1S/C14H19F2NO5/c1-14(2,3)22-13(21)17-6-11(19)12(20)7-4-8(15)9(16)5-10(7)18/h4-5,11-12,18-20H,6H2,1-3H3,(H,17,21). The van der Waals surface area contributed by atoms with Gasteiger partial charge in [-0.05, 0) is 26.8 Å². The minimum absolute atomic E-state index is 0.391. The predicted molar refractivity (Wildman–Crippen MR) is 73.2 cm³/mol. The van der Waals surface area contributed by atoms with Crippen LogP contribution in [-0.4, -0.2) is 39.7 Å². The molecule has 1 amide bonds. The molecule has 0 saturated carbocycles. The van der Waals surface area contributed by atoms with Crippen molar-refractivity contribution in [1.82, 2.24) is 5.32 Å². The SMILES string of the molecule is CC(C)(C)OC(=O)NCC(O)C(O)c1cc(F)c(F)cc1O. The van der Waals surface area contributed by atoms with Gasteiger partial charge >= 0.3 is 6.09 Å². The van der Waals surface area contributed by atoms with Crippen LogP contribution in [0.1, 0.15) is 32.4 Å². The van der Waals surface area contributed by atoms with Crippen LogP contribution in [-0.2, 0) is 4.74 Å². The van der Waals surface area contributed by atoms with Gasteiger partial charge in [-0.2, -0.15) is 0 Å². The molecule has 22 heavy (non-hydrogen) atoms. The smallest absolute Gasteiger partial charge is 0.407 e. The molecule has 2 atom stereocenters. The third kappa shape index (κ3) is 5.12. The number of benzene rings is 1. The summed E-state index contributed by atoms with van der Waals surface area (Å²) in [6, 6.07) is 1.06. The number of hydrogen-bond donors (Lipinski definition) is 4. The van der Waals surface area contributed by atoms with Crippen molar-refractivity contribution in [3.05, 3.63) is 29.3 Å². The number of aromatic hydroxyl groups is 1. The number of alkyl carbamates (subject to hydrolysis) is 1. The lowest BCUT2D eigenvalue weighted by Crippen LogP contribution is -2.38. The quantitative estimate of drug-likeness (QED) is 0.675. The molecule has 0 aliphatic rings. The Morgan fingerprint density at radius 1 is 1.27 bits per heavy atom. The monoisotopic (exact) mass is 319 g/mol. The van der Waals surface area contributed by atoms with Crippen molar-refractivity contribution in [2.24, 2.45) is 0 Å². The fraction of sp³-hybridized carbons (Fsp3) is 0.500. The minimum Gasteiger partial charge on any atom is -0.507 e. The van der Waals surface area contributed by atoms with E-state index in [2.05, 4.69) is 5.32 Å². The topological polar surface area (TPSA) is 99.0 Å². The summed E-state index contributed by atoms with van der Waals surface area (Å²) in [6.45, 7) is 4.54. The van der Waals surface area contributed by atoms with E-state index in [0.29, 0.717) is 12.1 Å². The molecule has 0 bridgehead atoms. The van der Waals surface area contributed by atoms with Gasteiger partial charge in [0.15, 0.2) is 11.6 Å². The first-order valence-electron chi connectivity index (χ1n) is 6.52. The highest BCUT2D eigenvalue weighted by molar-refractivity contribution is 5.67. The highest BCUT2D eigenvalue weighted by Gasteiger charge is 2.24. The number of aliphatic hydroxyl groups excluding tert-OH is 2. The van der Waals surface area contributed by atoms with Crippen molar-refractivity contribution in [3.63, 3.8) is 0 Å². The molecule has 0 aliphatic carbocycles. The number of aliphatic hydroxyl groups is 2. The molecule has 1 rings (SSSR count). The van der Waals surface area contributed by atoms with Crippen molar-refractivity contribution < 1.29 is 33.6 Å². The Labute approximate surface area is 126 Å². The van der Waals surface area contributed by atoms with Crippen LogP contribution in [0.2, 0.25) is 0 Å². The molecule has 4 N–H and O–H groups in total. The maximum absolute atomic E-state index is 13.1. The van der Waals surface area contributed by atoms with Crippen LogP contribution in [0.3, 0.4) is 0 Å². The fourth-order valence-corrected chi connectivity index (χ4v) is 1.61. The Hall–Kier alpha value is -1.93. The number of phenols is 1. The molecular formula is C14H19F2NO5. The molecule has 0 spiro atoms. The van der Waals surface area contributed by atoms with Crippen LogP contribution in [0.4, 0.5) is 13.6 Å². The maximum Gasteiger partial charge on any atom is 0.407 e. The number of nitrogens with one attached hydrogen (secondary N) is 1. The van der Waals surface area contributed by atoms with Crippen molar-refractivity contribution in [3.8, 4) is 5.75 Å².